The Kier molecular flexibility index (Phi) is 7.56. The van der Waals surface area contributed by atoms with Crippen LogP contribution in [-0.2, 0) is 14.3 Å². The number of ether oxygens (including phenoxy) is 1. The summed E-state index contributed by atoms with van der Waals surface area (Å²) < 4.78 is 5.03. The van der Waals surface area contributed by atoms with Crippen molar-refractivity contribution >= 4 is 23.5 Å². The van der Waals surface area contributed by atoms with Crippen LogP contribution in [0.1, 0.15) is 29.3 Å². The lowest BCUT2D eigenvalue weighted by molar-refractivity contribution is -0.137. The summed E-state index contributed by atoms with van der Waals surface area (Å²) in [5.41, 5.74) is 1.84. The molecule has 0 atom stereocenters. The summed E-state index contributed by atoms with van der Waals surface area (Å²) in [6.45, 7) is 3.56. The van der Waals surface area contributed by atoms with Crippen LogP contribution in [0.15, 0.2) is 48.5 Å². The van der Waals surface area contributed by atoms with E-state index in [1.165, 1.54) is 29.2 Å². The number of esters is 1. The summed E-state index contributed by atoms with van der Waals surface area (Å²) in [5, 5.41) is 12.0. The number of carbonyl (C=O) groups excluding carboxylic acids is 3. The molecule has 0 aliphatic carbocycles. The van der Waals surface area contributed by atoms with Crippen LogP contribution < -0.4 is 5.32 Å². The van der Waals surface area contributed by atoms with Gasteiger partial charge in [0.15, 0.2) is 6.61 Å². The van der Waals surface area contributed by atoms with Crippen LogP contribution in [0.5, 0.6) is 5.75 Å². The standard InChI is InChI=1S/C21H24N2O5/c1-3-12-23(13-19(25)22-18-7-5-4-6-15(18)2)20(26)14-28-21(27)16-8-10-17(24)11-9-16/h4-11,24H,3,12-14H2,1-2H3,(H,22,25). The van der Waals surface area contributed by atoms with Crippen molar-refractivity contribution in [2.45, 2.75) is 20.3 Å². The van der Waals surface area contributed by atoms with Crippen molar-refractivity contribution in [2.24, 2.45) is 0 Å². The molecule has 0 saturated heterocycles. The van der Waals surface area contributed by atoms with Crippen molar-refractivity contribution in [2.75, 3.05) is 25.0 Å². The maximum Gasteiger partial charge on any atom is 0.338 e. The number of carbonyl (C=O) groups is 3. The fraction of sp³-hybridized carbons (Fsp3) is 0.286. The van der Waals surface area contributed by atoms with Crippen molar-refractivity contribution < 1.29 is 24.2 Å². The Balaban J connectivity index is 1.91. The van der Waals surface area contributed by atoms with Crippen LogP contribution in [0.25, 0.3) is 0 Å². The summed E-state index contributed by atoms with van der Waals surface area (Å²) >= 11 is 0. The maximum absolute atomic E-state index is 12.4. The largest absolute Gasteiger partial charge is 0.508 e. The van der Waals surface area contributed by atoms with Gasteiger partial charge in [-0.05, 0) is 49.2 Å². The average molecular weight is 384 g/mol. The van der Waals surface area contributed by atoms with E-state index in [0.29, 0.717) is 18.7 Å². The number of benzene rings is 2. The number of nitrogens with zero attached hydrogens (tertiary/aromatic N) is 1. The first kappa shape index (κ1) is 21.0. The number of anilines is 1. The molecular formula is C21H24N2O5. The van der Waals surface area contributed by atoms with Gasteiger partial charge in [-0.15, -0.1) is 0 Å². The number of nitrogens with one attached hydrogen (secondary N) is 1. The monoisotopic (exact) mass is 384 g/mol. The Labute approximate surface area is 163 Å². The van der Waals surface area contributed by atoms with Gasteiger partial charge in [-0.1, -0.05) is 25.1 Å². The smallest absolute Gasteiger partial charge is 0.338 e. The van der Waals surface area contributed by atoms with Gasteiger partial charge in [-0.3, -0.25) is 9.59 Å². The van der Waals surface area contributed by atoms with E-state index in [4.69, 9.17) is 4.74 Å². The van der Waals surface area contributed by atoms with Crippen molar-refractivity contribution in [1.82, 2.24) is 4.90 Å². The molecule has 2 aromatic carbocycles. The minimum Gasteiger partial charge on any atom is -0.508 e. The second-order valence-electron chi connectivity index (χ2n) is 6.30. The molecule has 28 heavy (non-hydrogen) atoms. The van der Waals surface area contributed by atoms with Gasteiger partial charge in [0.05, 0.1) is 12.1 Å². The minimum atomic E-state index is -0.672. The molecule has 0 aliphatic rings. The molecular weight excluding hydrogens is 360 g/mol. The minimum absolute atomic E-state index is 0.0291. The molecule has 0 saturated carbocycles. The lowest BCUT2D eigenvalue weighted by Crippen LogP contribution is -2.40. The summed E-state index contributed by atoms with van der Waals surface area (Å²) in [7, 11) is 0. The quantitative estimate of drug-likeness (QED) is 0.682. The van der Waals surface area contributed by atoms with Gasteiger partial charge in [-0.25, -0.2) is 4.79 Å². The summed E-state index contributed by atoms with van der Waals surface area (Å²) in [6.07, 6.45) is 0.662. The third kappa shape index (κ3) is 6.12. The number of aryl methyl sites for hydroxylation is 1. The van der Waals surface area contributed by atoms with Crippen molar-refractivity contribution in [3.8, 4) is 5.75 Å². The summed E-state index contributed by atoms with van der Waals surface area (Å²) in [5.74, 6) is -1.41. The molecule has 0 radical (unpaired) electrons. The zero-order chi connectivity index (χ0) is 20.5. The van der Waals surface area contributed by atoms with Crippen LogP contribution in [0.3, 0.4) is 0 Å². The Hall–Kier alpha value is -3.35. The van der Waals surface area contributed by atoms with E-state index in [9.17, 15) is 19.5 Å². The molecule has 0 spiro atoms. The Morgan fingerprint density at radius 1 is 1.07 bits per heavy atom. The topological polar surface area (TPSA) is 95.9 Å². The fourth-order valence-electron chi connectivity index (χ4n) is 2.54. The summed E-state index contributed by atoms with van der Waals surface area (Å²) in [4.78, 5) is 38.1. The lowest BCUT2D eigenvalue weighted by Gasteiger charge is -2.21. The van der Waals surface area contributed by atoms with Crippen LogP contribution in [0.4, 0.5) is 5.69 Å². The molecule has 2 N–H and O–H groups in total. The van der Waals surface area contributed by atoms with Gasteiger partial charge in [0.2, 0.25) is 5.91 Å². The molecule has 2 rings (SSSR count). The fourth-order valence-corrected chi connectivity index (χ4v) is 2.54. The van der Waals surface area contributed by atoms with E-state index < -0.39 is 18.5 Å². The molecule has 7 nitrogen and oxygen atoms in total. The zero-order valence-corrected chi connectivity index (χ0v) is 16.0. The van der Waals surface area contributed by atoms with Crippen LogP contribution in [0.2, 0.25) is 0 Å². The van der Waals surface area contributed by atoms with E-state index in [1.54, 1.807) is 6.07 Å². The van der Waals surface area contributed by atoms with E-state index in [2.05, 4.69) is 5.32 Å². The SMILES string of the molecule is CCCN(CC(=O)Nc1ccccc1C)C(=O)COC(=O)c1ccc(O)cc1. The number of para-hydroxylation sites is 1. The number of rotatable bonds is 8. The highest BCUT2D eigenvalue weighted by molar-refractivity contribution is 5.96. The van der Waals surface area contributed by atoms with Crippen molar-refractivity contribution in [3.05, 3.63) is 59.7 Å². The highest BCUT2D eigenvalue weighted by Crippen LogP contribution is 2.13. The number of phenols is 1. The molecule has 2 aromatic rings. The third-order valence-electron chi connectivity index (χ3n) is 4.03. The predicted molar refractivity (Wildman–Crippen MR) is 105 cm³/mol. The van der Waals surface area contributed by atoms with Gasteiger partial charge >= 0.3 is 5.97 Å². The van der Waals surface area contributed by atoms with Gasteiger partial charge in [0.25, 0.3) is 5.91 Å². The predicted octanol–water partition coefficient (Wildman–Crippen LogP) is 2.73. The van der Waals surface area contributed by atoms with Crippen LogP contribution >= 0.6 is 0 Å². The number of hydrogen-bond acceptors (Lipinski definition) is 5. The van der Waals surface area contributed by atoms with E-state index in [0.717, 1.165) is 5.56 Å². The van der Waals surface area contributed by atoms with Crippen LogP contribution in [-0.4, -0.2) is 47.5 Å². The van der Waals surface area contributed by atoms with Crippen molar-refractivity contribution in [1.29, 1.82) is 0 Å². The third-order valence-corrected chi connectivity index (χ3v) is 4.03. The normalized spacial score (nSPS) is 10.2. The van der Waals surface area contributed by atoms with E-state index in [-0.39, 0.29) is 23.8 Å². The molecule has 148 valence electrons. The first-order chi connectivity index (χ1) is 13.4. The number of hydrogen-bond donors (Lipinski definition) is 2. The molecule has 7 heteroatoms. The Morgan fingerprint density at radius 2 is 1.75 bits per heavy atom. The molecule has 0 fully saturated rings. The highest BCUT2D eigenvalue weighted by atomic mass is 16.5. The van der Waals surface area contributed by atoms with Gasteiger partial charge in [-0.2, -0.15) is 0 Å². The zero-order valence-electron chi connectivity index (χ0n) is 16.0. The first-order valence-electron chi connectivity index (χ1n) is 9.00. The second kappa shape index (κ2) is 10.1. The van der Waals surface area contributed by atoms with Gasteiger partial charge in [0.1, 0.15) is 5.75 Å². The molecule has 2 amide bonds. The first-order valence-corrected chi connectivity index (χ1v) is 9.00. The number of amides is 2. The number of phenolic OH excluding ortho intramolecular Hbond substituents is 1. The lowest BCUT2D eigenvalue weighted by atomic mass is 10.2. The molecule has 0 bridgehead atoms. The summed E-state index contributed by atoms with van der Waals surface area (Å²) in [6, 6.07) is 12.9. The van der Waals surface area contributed by atoms with Crippen molar-refractivity contribution in [3.63, 3.8) is 0 Å². The number of aromatic hydroxyl groups is 1. The van der Waals surface area contributed by atoms with Gasteiger partial charge in [0, 0.05) is 12.2 Å². The van der Waals surface area contributed by atoms with Crippen LogP contribution in [0, 0.1) is 6.92 Å². The second-order valence-corrected chi connectivity index (χ2v) is 6.30. The molecule has 0 unspecified atom stereocenters. The Morgan fingerprint density at radius 3 is 2.39 bits per heavy atom. The molecule has 0 heterocycles. The Bertz CT molecular complexity index is 833. The highest BCUT2D eigenvalue weighted by Gasteiger charge is 2.19. The maximum atomic E-state index is 12.4. The average Bonchev–Trinajstić information content (AvgIpc) is 2.68. The molecule has 0 aliphatic heterocycles. The van der Waals surface area contributed by atoms with Gasteiger partial charge < -0.3 is 20.1 Å². The van der Waals surface area contributed by atoms with E-state index in [1.807, 2.05) is 32.0 Å². The molecule has 0 aromatic heterocycles. The van der Waals surface area contributed by atoms with E-state index >= 15 is 0 Å².